The lowest BCUT2D eigenvalue weighted by molar-refractivity contribution is 0.0939. The van der Waals surface area contributed by atoms with Crippen LogP contribution >= 0.6 is 11.3 Å². The fraction of sp³-hybridized carbons (Fsp3) is 0.286. The number of nitrogens with one attached hydrogen (secondary N) is 1. The number of carbonyl (C=O) groups excluding carboxylic acids is 2. The summed E-state index contributed by atoms with van der Waals surface area (Å²) in [6.07, 6.45) is 3.29. The number of aryl methyl sites for hydroxylation is 4. The van der Waals surface area contributed by atoms with Crippen molar-refractivity contribution in [1.29, 1.82) is 0 Å². The molecule has 0 saturated carbocycles. The average Bonchev–Trinajstić information content (AvgIpc) is 3.76. The van der Waals surface area contributed by atoms with Gasteiger partial charge in [0.1, 0.15) is 5.82 Å². The van der Waals surface area contributed by atoms with Gasteiger partial charge >= 0.3 is 0 Å². The highest BCUT2D eigenvalue weighted by atomic mass is 32.1. The Hall–Kier alpha value is -4.70. The van der Waals surface area contributed by atoms with Crippen LogP contribution in [0, 0.1) is 18.7 Å². The van der Waals surface area contributed by atoms with Crippen LogP contribution in [0.2, 0.25) is 0 Å². The molecule has 6 rings (SSSR count). The lowest BCUT2D eigenvalue weighted by atomic mass is 9.91. The van der Waals surface area contributed by atoms with Gasteiger partial charge in [-0.3, -0.25) is 14.6 Å². The lowest BCUT2D eigenvalue weighted by Gasteiger charge is -2.19. The molecule has 0 bridgehead atoms. The summed E-state index contributed by atoms with van der Waals surface area (Å²) >= 11 is 1.28. The highest BCUT2D eigenvalue weighted by Crippen LogP contribution is 2.42. The molecule has 0 aliphatic heterocycles. The first-order chi connectivity index (χ1) is 21.7. The molecule has 3 aromatic heterocycles. The van der Waals surface area contributed by atoms with Gasteiger partial charge in [-0.05, 0) is 85.9 Å². The van der Waals surface area contributed by atoms with E-state index in [2.05, 4.69) is 27.6 Å². The third-order valence-corrected chi connectivity index (χ3v) is 9.12. The predicted octanol–water partition coefficient (Wildman–Crippen LogP) is 6.81. The molecule has 45 heavy (non-hydrogen) atoms. The van der Waals surface area contributed by atoms with E-state index < -0.39 is 5.91 Å². The van der Waals surface area contributed by atoms with Crippen molar-refractivity contribution in [3.8, 4) is 21.9 Å². The molecule has 1 aliphatic carbocycles. The quantitative estimate of drug-likeness (QED) is 0.176. The van der Waals surface area contributed by atoms with Crippen LogP contribution in [0.25, 0.3) is 21.9 Å². The average molecular weight is 624 g/mol. The van der Waals surface area contributed by atoms with E-state index in [-0.39, 0.29) is 35.1 Å². The third kappa shape index (κ3) is 6.42. The van der Waals surface area contributed by atoms with Crippen molar-refractivity contribution >= 4 is 23.2 Å². The number of rotatable bonds is 10. The predicted molar refractivity (Wildman–Crippen MR) is 171 cm³/mol. The molecule has 0 radical (unpaired) electrons. The van der Waals surface area contributed by atoms with Gasteiger partial charge in [0.25, 0.3) is 17.7 Å². The minimum atomic E-state index is -0.627. The number of benzene rings is 2. The number of aromatic nitrogens is 3. The zero-order valence-electron chi connectivity index (χ0n) is 25.4. The minimum absolute atomic E-state index is 0.0611. The number of hydrogen-bond donors (Lipinski definition) is 2. The topological polar surface area (TPSA) is 124 Å². The smallest absolute Gasteiger partial charge is 0.261 e. The Morgan fingerprint density at radius 1 is 1.02 bits per heavy atom. The summed E-state index contributed by atoms with van der Waals surface area (Å²) in [7, 11) is 0. The van der Waals surface area contributed by atoms with E-state index in [1.165, 1.54) is 29.0 Å². The molecule has 3 N–H and O–H groups in total. The second-order valence-corrected chi connectivity index (χ2v) is 12.9. The maximum atomic E-state index is 13.6. The molecule has 2 amide bonds. The molecule has 8 nitrogen and oxygen atoms in total. The summed E-state index contributed by atoms with van der Waals surface area (Å²) in [5, 5.41) is 7.21. The summed E-state index contributed by atoms with van der Waals surface area (Å²) in [4.78, 5) is 37.4. The molecule has 10 heteroatoms. The Morgan fingerprint density at radius 2 is 1.80 bits per heavy atom. The molecule has 1 aliphatic rings. The summed E-state index contributed by atoms with van der Waals surface area (Å²) < 4.78 is 19.3. The number of pyridine rings is 1. The van der Waals surface area contributed by atoms with Gasteiger partial charge in [0.15, 0.2) is 5.82 Å². The summed E-state index contributed by atoms with van der Waals surface area (Å²) in [6, 6.07) is 18.1. The highest BCUT2D eigenvalue weighted by molar-refractivity contribution is 7.17. The van der Waals surface area contributed by atoms with Crippen molar-refractivity contribution in [3.63, 3.8) is 0 Å². The summed E-state index contributed by atoms with van der Waals surface area (Å²) in [5.74, 6) is -0.292. The third-order valence-electron chi connectivity index (χ3n) is 8.01. The first-order valence-electron chi connectivity index (χ1n) is 15.1. The Morgan fingerprint density at radius 3 is 2.51 bits per heavy atom. The van der Waals surface area contributed by atoms with Gasteiger partial charge in [0.2, 0.25) is 0 Å². The Balaban J connectivity index is 1.45. The molecular weight excluding hydrogens is 589 g/mol. The van der Waals surface area contributed by atoms with Gasteiger partial charge in [0.05, 0.1) is 33.4 Å². The zero-order valence-corrected chi connectivity index (χ0v) is 26.2. The Bertz CT molecular complexity index is 1880. The first-order valence-corrected chi connectivity index (χ1v) is 15.9. The van der Waals surface area contributed by atoms with E-state index in [9.17, 15) is 14.0 Å². The fourth-order valence-electron chi connectivity index (χ4n) is 5.99. The first kappa shape index (κ1) is 30.3. The molecule has 230 valence electrons. The van der Waals surface area contributed by atoms with E-state index in [1.807, 2.05) is 32.0 Å². The monoisotopic (exact) mass is 623 g/mol. The van der Waals surface area contributed by atoms with E-state index in [4.69, 9.17) is 15.2 Å². The van der Waals surface area contributed by atoms with Gasteiger partial charge in [-0.25, -0.2) is 4.39 Å². The number of nitrogens with zero attached hydrogens (tertiary/aromatic N) is 3. The molecule has 0 unspecified atom stereocenters. The fourth-order valence-corrected chi connectivity index (χ4v) is 6.96. The van der Waals surface area contributed by atoms with Crippen LogP contribution in [0.15, 0.2) is 65.2 Å². The molecule has 0 fully saturated rings. The SMILES string of the molecule is Cc1noc(-c2c(CCc3ccc(F)cc3)nc(CC(C)C)c(C(N)=O)c2-c2ccc(C(=O)N[C@@H]3CCc4ccccc43)s2)n1. The van der Waals surface area contributed by atoms with Crippen molar-refractivity contribution in [1.82, 2.24) is 20.4 Å². The van der Waals surface area contributed by atoms with Gasteiger partial charge in [-0.15, -0.1) is 11.3 Å². The number of hydrogen-bond acceptors (Lipinski definition) is 7. The van der Waals surface area contributed by atoms with Crippen LogP contribution in [-0.2, 0) is 25.7 Å². The Labute approximate surface area is 264 Å². The van der Waals surface area contributed by atoms with Crippen molar-refractivity contribution in [3.05, 3.63) is 111 Å². The maximum absolute atomic E-state index is 13.6. The molecular formula is C35H34FN5O3S. The van der Waals surface area contributed by atoms with Gasteiger partial charge in [0, 0.05) is 10.4 Å². The zero-order chi connectivity index (χ0) is 31.7. The molecule has 5 aromatic rings. The van der Waals surface area contributed by atoms with Crippen LogP contribution < -0.4 is 11.1 Å². The minimum Gasteiger partial charge on any atom is -0.366 e. The van der Waals surface area contributed by atoms with E-state index in [0.29, 0.717) is 57.4 Å². The normalized spacial score (nSPS) is 14.1. The van der Waals surface area contributed by atoms with Gasteiger partial charge in [-0.2, -0.15) is 4.98 Å². The largest absolute Gasteiger partial charge is 0.366 e. The number of amides is 2. The van der Waals surface area contributed by atoms with Crippen LogP contribution in [0.1, 0.15) is 80.2 Å². The molecule has 0 spiro atoms. The molecule has 1 atom stereocenters. The number of primary amides is 1. The number of fused-ring (bicyclic) bond motifs is 1. The second-order valence-electron chi connectivity index (χ2n) is 11.8. The molecule has 2 aromatic carbocycles. The highest BCUT2D eigenvalue weighted by Gasteiger charge is 2.30. The van der Waals surface area contributed by atoms with Crippen molar-refractivity contribution in [2.75, 3.05) is 0 Å². The van der Waals surface area contributed by atoms with Gasteiger partial charge < -0.3 is 15.6 Å². The standard InChI is InChI=1S/C35H34FN5O3S/c1-19(2)18-27-30(33(37)42)32(28-16-17-29(45-28)34(43)40-25-15-11-22-6-4-5-7-24(22)25)31(35-38-20(3)41-44-35)26(39-27)14-10-21-8-12-23(36)13-9-21/h4-9,12-13,16-17,19,25H,10-11,14-15,18H2,1-3H3,(H2,37,42)(H,40,43)/t25-/m1/s1. The van der Waals surface area contributed by atoms with Crippen LogP contribution in [0.5, 0.6) is 0 Å². The summed E-state index contributed by atoms with van der Waals surface area (Å²) in [6.45, 7) is 5.82. The van der Waals surface area contributed by atoms with Crippen molar-refractivity contribution in [2.24, 2.45) is 11.7 Å². The Kier molecular flexibility index (Phi) is 8.58. The maximum Gasteiger partial charge on any atom is 0.261 e. The number of carbonyl (C=O) groups is 2. The molecule has 3 heterocycles. The van der Waals surface area contributed by atoms with Crippen LogP contribution in [0.3, 0.4) is 0 Å². The lowest BCUT2D eigenvalue weighted by Crippen LogP contribution is -2.26. The van der Waals surface area contributed by atoms with E-state index >= 15 is 0 Å². The van der Waals surface area contributed by atoms with Crippen LogP contribution in [0.4, 0.5) is 4.39 Å². The van der Waals surface area contributed by atoms with E-state index in [0.717, 1.165) is 24.0 Å². The van der Waals surface area contributed by atoms with E-state index in [1.54, 1.807) is 25.1 Å². The number of thiophene rings is 1. The van der Waals surface area contributed by atoms with Crippen LogP contribution in [-0.4, -0.2) is 26.9 Å². The van der Waals surface area contributed by atoms with Gasteiger partial charge in [-0.1, -0.05) is 55.4 Å². The van der Waals surface area contributed by atoms with Crippen molar-refractivity contribution < 1.29 is 18.5 Å². The second kappa shape index (κ2) is 12.7. The van der Waals surface area contributed by atoms with Crippen molar-refractivity contribution in [2.45, 2.75) is 58.9 Å². The number of nitrogens with two attached hydrogens (primary N) is 1. The molecule has 0 saturated heterocycles. The number of halogens is 1. The summed E-state index contributed by atoms with van der Waals surface area (Å²) in [5.41, 5.74) is 11.9.